The fourth-order valence-corrected chi connectivity index (χ4v) is 3.34. The van der Waals surface area contributed by atoms with Crippen LogP contribution in [0.5, 0.6) is 5.75 Å². The van der Waals surface area contributed by atoms with Crippen LogP contribution in [-0.4, -0.2) is 47.0 Å². The van der Waals surface area contributed by atoms with E-state index in [1.807, 2.05) is 36.4 Å². The Morgan fingerprint density at radius 2 is 1.67 bits per heavy atom. The van der Waals surface area contributed by atoms with Crippen LogP contribution in [0.4, 0.5) is 5.69 Å². The van der Waals surface area contributed by atoms with E-state index in [4.69, 9.17) is 13.7 Å². The average Bonchev–Trinajstić information content (AvgIpc) is 2.70. The molecule has 0 saturated heterocycles. The van der Waals surface area contributed by atoms with Crippen LogP contribution in [0.2, 0.25) is 0 Å². The smallest absolute Gasteiger partial charge is 0.335 e. The molecular weight excluding hydrogens is 406 g/mol. The highest BCUT2D eigenvalue weighted by Gasteiger charge is 2.19. The van der Waals surface area contributed by atoms with Crippen LogP contribution in [0.15, 0.2) is 48.5 Å². The zero-order valence-electron chi connectivity index (χ0n) is 17.6. The van der Waals surface area contributed by atoms with Gasteiger partial charge in [-0.05, 0) is 55.2 Å². The van der Waals surface area contributed by atoms with Crippen molar-refractivity contribution < 1.29 is 26.9 Å². The summed E-state index contributed by atoms with van der Waals surface area (Å²) in [6.45, 7) is 2.90. The van der Waals surface area contributed by atoms with Crippen LogP contribution in [0.1, 0.15) is 24.5 Å². The van der Waals surface area contributed by atoms with Gasteiger partial charge in [-0.3, -0.25) is 0 Å². The van der Waals surface area contributed by atoms with Crippen LogP contribution >= 0.6 is 0 Å². The van der Waals surface area contributed by atoms with E-state index >= 15 is 0 Å². The van der Waals surface area contributed by atoms with E-state index in [0.29, 0.717) is 18.8 Å². The van der Waals surface area contributed by atoms with Crippen molar-refractivity contribution in [3.8, 4) is 5.75 Å². The quantitative estimate of drug-likeness (QED) is 0.311. The van der Waals surface area contributed by atoms with E-state index in [0.717, 1.165) is 42.5 Å². The Bertz CT molecular complexity index is 894. The van der Waals surface area contributed by atoms with Gasteiger partial charge in [0.25, 0.3) is 0 Å². The Morgan fingerprint density at radius 1 is 1.03 bits per heavy atom. The van der Waals surface area contributed by atoms with E-state index in [9.17, 15) is 13.2 Å². The number of methoxy groups -OCH3 is 1. The second-order valence-corrected chi connectivity index (χ2v) is 8.41. The number of hydrogen-bond donors (Lipinski definition) is 1. The van der Waals surface area contributed by atoms with E-state index in [1.54, 1.807) is 19.1 Å². The zero-order chi connectivity index (χ0) is 22.0. The van der Waals surface area contributed by atoms with Gasteiger partial charge >= 0.3 is 16.1 Å². The summed E-state index contributed by atoms with van der Waals surface area (Å²) in [5.74, 6) is -0.0313. The molecule has 2 aromatic carbocycles. The molecule has 1 atom stereocenters. The molecule has 0 aliphatic carbocycles. The highest BCUT2D eigenvalue weighted by atomic mass is 32.2. The summed E-state index contributed by atoms with van der Waals surface area (Å²) < 4.78 is 37.3. The van der Waals surface area contributed by atoms with Crippen LogP contribution in [-0.2, 0) is 37.2 Å². The van der Waals surface area contributed by atoms with Gasteiger partial charge in [0, 0.05) is 25.8 Å². The van der Waals surface area contributed by atoms with Gasteiger partial charge in [0.05, 0.1) is 12.9 Å². The third kappa shape index (κ3) is 8.42. The summed E-state index contributed by atoms with van der Waals surface area (Å²) in [5.41, 5.74) is 3.11. The molecule has 7 nitrogen and oxygen atoms in total. The van der Waals surface area contributed by atoms with Gasteiger partial charge in [-0.15, -0.1) is 0 Å². The molecule has 164 valence electrons. The molecule has 0 amide bonds. The molecule has 0 radical (unpaired) electrons. The number of esters is 1. The summed E-state index contributed by atoms with van der Waals surface area (Å²) in [5, 5.41) is 3.37. The molecule has 30 heavy (non-hydrogen) atoms. The van der Waals surface area contributed by atoms with E-state index in [1.165, 1.54) is 7.11 Å². The number of nitrogens with one attached hydrogen (secondary N) is 1. The predicted molar refractivity (Wildman–Crippen MR) is 116 cm³/mol. The molecule has 0 aromatic heterocycles. The van der Waals surface area contributed by atoms with Gasteiger partial charge in [0.2, 0.25) is 0 Å². The van der Waals surface area contributed by atoms with Crippen molar-refractivity contribution >= 4 is 21.8 Å². The lowest BCUT2D eigenvalue weighted by molar-refractivity contribution is -0.154. The standard InChI is InChI=1S/C22H29NO6S/c1-4-28-22(24)21(27-2)16-18-7-11-19(12-8-18)23-15-5-6-17-9-13-20(14-10-17)29-30(3,25)26/h7-14,21,23H,4-6,15-16H2,1-3H3. The molecule has 0 heterocycles. The zero-order valence-corrected chi connectivity index (χ0v) is 18.4. The van der Waals surface area contributed by atoms with Crippen molar-refractivity contribution in [2.75, 3.05) is 31.8 Å². The predicted octanol–water partition coefficient (Wildman–Crippen LogP) is 3.19. The summed E-state index contributed by atoms with van der Waals surface area (Å²) >= 11 is 0. The van der Waals surface area contributed by atoms with Crippen molar-refractivity contribution in [2.24, 2.45) is 0 Å². The molecule has 8 heteroatoms. The Hall–Kier alpha value is -2.58. The number of aryl methyl sites for hydroxylation is 1. The Labute approximate surface area is 178 Å². The molecule has 0 fully saturated rings. The summed E-state index contributed by atoms with van der Waals surface area (Å²) in [4.78, 5) is 11.8. The molecule has 1 unspecified atom stereocenters. The normalized spacial score (nSPS) is 12.2. The molecule has 1 N–H and O–H groups in total. The van der Waals surface area contributed by atoms with Gasteiger partial charge < -0.3 is 19.0 Å². The first-order chi connectivity index (χ1) is 14.3. The first-order valence-corrected chi connectivity index (χ1v) is 11.6. The van der Waals surface area contributed by atoms with Gasteiger partial charge in [-0.1, -0.05) is 24.3 Å². The minimum absolute atomic E-state index is 0.318. The number of rotatable bonds is 12. The van der Waals surface area contributed by atoms with Crippen molar-refractivity contribution in [3.05, 3.63) is 59.7 Å². The fraction of sp³-hybridized carbons (Fsp3) is 0.409. The topological polar surface area (TPSA) is 90.9 Å². The number of carbonyl (C=O) groups is 1. The summed E-state index contributed by atoms with van der Waals surface area (Å²) in [6, 6.07) is 14.9. The first kappa shape index (κ1) is 23.7. The van der Waals surface area contributed by atoms with Crippen molar-refractivity contribution in [3.63, 3.8) is 0 Å². The highest BCUT2D eigenvalue weighted by molar-refractivity contribution is 7.86. The molecule has 2 aromatic rings. The molecule has 0 aliphatic heterocycles. The van der Waals surface area contributed by atoms with Gasteiger partial charge in [0.15, 0.2) is 6.10 Å². The summed E-state index contributed by atoms with van der Waals surface area (Å²) in [6.07, 6.45) is 2.67. The number of ether oxygens (including phenoxy) is 2. The van der Waals surface area contributed by atoms with Gasteiger partial charge in [0.1, 0.15) is 5.75 Å². The number of hydrogen-bond acceptors (Lipinski definition) is 7. The molecule has 0 bridgehead atoms. The van der Waals surface area contributed by atoms with Crippen molar-refractivity contribution in [1.29, 1.82) is 0 Å². The molecular formula is C22H29NO6S. The SMILES string of the molecule is CCOC(=O)C(Cc1ccc(NCCCc2ccc(OS(C)(=O)=O)cc2)cc1)OC. The number of carbonyl (C=O) groups excluding carboxylic acids is 1. The molecule has 0 aliphatic rings. The number of benzene rings is 2. The van der Waals surface area contributed by atoms with Crippen LogP contribution in [0.3, 0.4) is 0 Å². The lowest BCUT2D eigenvalue weighted by atomic mass is 10.1. The lowest BCUT2D eigenvalue weighted by Crippen LogP contribution is -2.27. The second-order valence-electron chi connectivity index (χ2n) is 6.84. The van der Waals surface area contributed by atoms with Crippen molar-refractivity contribution in [2.45, 2.75) is 32.3 Å². The number of anilines is 1. The minimum atomic E-state index is -3.50. The Balaban J connectivity index is 1.75. The third-order valence-electron chi connectivity index (χ3n) is 4.35. The van der Waals surface area contributed by atoms with Crippen LogP contribution in [0, 0.1) is 0 Å². The highest BCUT2D eigenvalue weighted by Crippen LogP contribution is 2.16. The van der Waals surface area contributed by atoms with Gasteiger partial charge in [-0.2, -0.15) is 8.42 Å². The molecule has 2 rings (SSSR count). The summed E-state index contributed by atoms with van der Waals surface area (Å²) in [7, 11) is -2.00. The largest absolute Gasteiger partial charge is 0.464 e. The maximum Gasteiger partial charge on any atom is 0.335 e. The third-order valence-corrected chi connectivity index (χ3v) is 4.85. The van der Waals surface area contributed by atoms with Gasteiger partial charge in [-0.25, -0.2) is 4.79 Å². The van der Waals surface area contributed by atoms with E-state index < -0.39 is 16.2 Å². The monoisotopic (exact) mass is 435 g/mol. The molecule has 0 spiro atoms. The second kappa shape index (κ2) is 11.6. The maximum absolute atomic E-state index is 11.8. The average molecular weight is 436 g/mol. The first-order valence-electron chi connectivity index (χ1n) is 9.81. The van der Waals surface area contributed by atoms with Crippen molar-refractivity contribution in [1.82, 2.24) is 0 Å². The Kier molecular flexibility index (Phi) is 9.14. The maximum atomic E-state index is 11.8. The minimum Gasteiger partial charge on any atom is -0.464 e. The van der Waals surface area contributed by atoms with Crippen LogP contribution < -0.4 is 9.50 Å². The van der Waals surface area contributed by atoms with E-state index in [2.05, 4.69) is 5.32 Å². The fourth-order valence-electron chi connectivity index (χ4n) is 2.88. The van der Waals surface area contributed by atoms with Crippen LogP contribution in [0.25, 0.3) is 0 Å². The Morgan fingerprint density at radius 3 is 2.23 bits per heavy atom. The van der Waals surface area contributed by atoms with E-state index in [-0.39, 0.29) is 5.97 Å². The lowest BCUT2D eigenvalue weighted by Gasteiger charge is -2.14. The molecule has 0 saturated carbocycles.